The van der Waals surface area contributed by atoms with Gasteiger partial charge in [-0.25, -0.2) is 4.89 Å². The van der Waals surface area contributed by atoms with Crippen LogP contribution in [0.15, 0.2) is 12.2 Å². The second kappa shape index (κ2) is 4.62. The topological polar surface area (TPSA) is 49.7 Å². The van der Waals surface area contributed by atoms with Gasteiger partial charge in [-0.1, -0.05) is 13.5 Å². The average Bonchev–Trinajstić information content (AvgIpc) is 2.27. The molecule has 0 aliphatic heterocycles. The molecule has 2 saturated carbocycles. The zero-order chi connectivity index (χ0) is 13.6. The molecule has 2 aliphatic carbocycles. The molecule has 0 amide bonds. The minimum Gasteiger partial charge on any atom is -0.390 e. The molecule has 0 aromatic rings. The normalized spacial score (nSPS) is 41.6. The highest BCUT2D eigenvalue weighted by Gasteiger charge is 2.48. The summed E-state index contributed by atoms with van der Waals surface area (Å²) in [5, 5.41) is 19.2. The zero-order valence-electron chi connectivity index (χ0n) is 11.8. The van der Waals surface area contributed by atoms with Crippen LogP contribution in [0, 0.1) is 17.3 Å². The van der Waals surface area contributed by atoms with Crippen molar-refractivity contribution >= 4 is 0 Å². The van der Waals surface area contributed by atoms with Crippen molar-refractivity contribution in [1.82, 2.24) is 0 Å². The summed E-state index contributed by atoms with van der Waals surface area (Å²) in [6.45, 7) is 10.3. The molecule has 2 fully saturated rings. The highest BCUT2D eigenvalue weighted by Crippen LogP contribution is 2.55. The molecule has 0 bridgehead atoms. The Balaban J connectivity index is 2.18. The smallest absolute Gasteiger partial charge is 0.114 e. The minimum atomic E-state index is -0.630. The molecule has 18 heavy (non-hydrogen) atoms. The highest BCUT2D eigenvalue weighted by molar-refractivity contribution is 5.18. The SMILES string of the molecule is C=C1[C@H](OO)CC[C@]2(C)CC[C@@H](C(C)(C)O)C[C@@H]12. The molecular formula is C15H26O3. The molecule has 3 nitrogen and oxygen atoms in total. The van der Waals surface area contributed by atoms with E-state index in [2.05, 4.69) is 18.4 Å². The zero-order valence-corrected chi connectivity index (χ0v) is 11.8. The first-order chi connectivity index (χ1) is 8.28. The molecule has 0 radical (unpaired) electrons. The molecule has 4 atom stereocenters. The van der Waals surface area contributed by atoms with Gasteiger partial charge in [0.25, 0.3) is 0 Å². The number of hydrogen-bond acceptors (Lipinski definition) is 3. The van der Waals surface area contributed by atoms with E-state index in [0.717, 1.165) is 37.7 Å². The van der Waals surface area contributed by atoms with Gasteiger partial charge in [0.05, 0.1) is 5.60 Å². The maximum Gasteiger partial charge on any atom is 0.114 e. The number of rotatable bonds is 2. The molecule has 0 heterocycles. The average molecular weight is 254 g/mol. The summed E-state index contributed by atoms with van der Waals surface area (Å²) >= 11 is 0. The van der Waals surface area contributed by atoms with Crippen molar-refractivity contribution in [3.05, 3.63) is 12.2 Å². The van der Waals surface area contributed by atoms with Gasteiger partial charge in [-0.15, -0.1) is 0 Å². The van der Waals surface area contributed by atoms with E-state index in [9.17, 15) is 5.11 Å². The van der Waals surface area contributed by atoms with E-state index in [0.29, 0.717) is 11.8 Å². The molecule has 0 saturated heterocycles. The van der Waals surface area contributed by atoms with Crippen LogP contribution in [0.25, 0.3) is 0 Å². The van der Waals surface area contributed by atoms with Crippen molar-refractivity contribution in [2.24, 2.45) is 17.3 Å². The van der Waals surface area contributed by atoms with Crippen molar-refractivity contribution < 1.29 is 15.3 Å². The van der Waals surface area contributed by atoms with Crippen molar-refractivity contribution in [3.63, 3.8) is 0 Å². The van der Waals surface area contributed by atoms with E-state index in [4.69, 9.17) is 5.26 Å². The third kappa shape index (κ3) is 2.36. The standard InChI is InChI=1S/C15H26O3/c1-10-12-9-11(14(2,3)16)5-7-15(12,4)8-6-13(10)18-17/h11-13,16-17H,1,5-9H2,2-4H3/t11-,12+,13-,15+/m1/s1. The molecular weight excluding hydrogens is 228 g/mol. The van der Waals surface area contributed by atoms with Gasteiger partial charge in [-0.2, -0.15) is 0 Å². The van der Waals surface area contributed by atoms with Crippen molar-refractivity contribution in [2.45, 2.75) is 64.6 Å². The first kappa shape index (κ1) is 14.0. The number of hydrogen-bond donors (Lipinski definition) is 2. The third-order valence-electron chi connectivity index (χ3n) is 5.39. The van der Waals surface area contributed by atoms with Crippen LogP contribution in [0.4, 0.5) is 0 Å². The van der Waals surface area contributed by atoms with Gasteiger partial charge >= 0.3 is 0 Å². The Morgan fingerprint density at radius 1 is 1.33 bits per heavy atom. The summed E-state index contributed by atoms with van der Waals surface area (Å²) in [6, 6.07) is 0. The molecule has 3 heteroatoms. The fourth-order valence-corrected chi connectivity index (χ4v) is 3.90. The lowest BCUT2D eigenvalue weighted by Gasteiger charge is -2.52. The molecule has 2 N–H and O–H groups in total. The monoisotopic (exact) mass is 254 g/mol. The van der Waals surface area contributed by atoms with Crippen LogP contribution in [-0.4, -0.2) is 22.1 Å². The Kier molecular flexibility index (Phi) is 3.60. The summed E-state index contributed by atoms with van der Waals surface area (Å²) in [7, 11) is 0. The van der Waals surface area contributed by atoms with Crippen LogP contribution < -0.4 is 0 Å². The van der Waals surface area contributed by atoms with E-state index in [1.54, 1.807) is 0 Å². The van der Waals surface area contributed by atoms with Crippen LogP contribution in [0.3, 0.4) is 0 Å². The highest BCUT2D eigenvalue weighted by atomic mass is 17.1. The molecule has 2 rings (SSSR count). The Bertz CT molecular complexity index is 331. The summed E-state index contributed by atoms with van der Waals surface area (Å²) in [5.74, 6) is 0.665. The van der Waals surface area contributed by atoms with Crippen LogP contribution in [0.2, 0.25) is 0 Å². The Labute approximate surface area is 110 Å². The Hall–Kier alpha value is -0.380. The van der Waals surface area contributed by atoms with Crippen molar-refractivity contribution in [1.29, 1.82) is 0 Å². The van der Waals surface area contributed by atoms with Crippen LogP contribution in [0.5, 0.6) is 0 Å². The Morgan fingerprint density at radius 3 is 2.50 bits per heavy atom. The maximum absolute atomic E-state index is 10.2. The molecule has 2 aliphatic rings. The van der Waals surface area contributed by atoms with E-state index in [1.165, 1.54) is 0 Å². The minimum absolute atomic E-state index is 0.219. The van der Waals surface area contributed by atoms with E-state index >= 15 is 0 Å². The predicted octanol–water partition coefficient (Wildman–Crippen LogP) is 3.39. The third-order valence-corrected chi connectivity index (χ3v) is 5.39. The lowest BCUT2D eigenvalue weighted by molar-refractivity contribution is -0.278. The van der Waals surface area contributed by atoms with Gasteiger partial charge in [0.2, 0.25) is 0 Å². The summed E-state index contributed by atoms with van der Waals surface area (Å²) < 4.78 is 0. The van der Waals surface area contributed by atoms with Crippen molar-refractivity contribution in [3.8, 4) is 0 Å². The fraction of sp³-hybridized carbons (Fsp3) is 0.867. The first-order valence-corrected chi connectivity index (χ1v) is 6.99. The van der Waals surface area contributed by atoms with Gasteiger partial charge in [0.1, 0.15) is 6.10 Å². The second-order valence-corrected chi connectivity index (χ2v) is 7.04. The summed E-state index contributed by atoms with van der Waals surface area (Å²) in [5.41, 5.74) is 0.655. The molecule has 0 unspecified atom stereocenters. The quantitative estimate of drug-likeness (QED) is 0.451. The predicted molar refractivity (Wildman–Crippen MR) is 71.1 cm³/mol. The lowest BCUT2D eigenvalue weighted by Crippen LogP contribution is -2.46. The molecule has 104 valence electrons. The van der Waals surface area contributed by atoms with Crippen LogP contribution in [-0.2, 0) is 4.89 Å². The van der Waals surface area contributed by atoms with Gasteiger partial charge < -0.3 is 5.11 Å². The largest absolute Gasteiger partial charge is 0.390 e. The molecule has 0 aromatic carbocycles. The number of aliphatic hydroxyl groups is 1. The number of fused-ring (bicyclic) bond motifs is 1. The van der Waals surface area contributed by atoms with E-state index in [1.807, 2.05) is 13.8 Å². The van der Waals surface area contributed by atoms with Crippen molar-refractivity contribution in [2.75, 3.05) is 0 Å². The summed E-state index contributed by atoms with van der Waals surface area (Å²) in [6.07, 6.45) is 4.87. The molecule has 0 aromatic heterocycles. The first-order valence-electron chi connectivity index (χ1n) is 6.99. The van der Waals surface area contributed by atoms with Crippen LogP contribution >= 0.6 is 0 Å². The molecule has 0 spiro atoms. The van der Waals surface area contributed by atoms with Gasteiger partial charge in [0.15, 0.2) is 0 Å². The van der Waals surface area contributed by atoms with Gasteiger partial charge in [0, 0.05) is 0 Å². The van der Waals surface area contributed by atoms with E-state index in [-0.39, 0.29) is 11.5 Å². The Morgan fingerprint density at radius 2 is 1.94 bits per heavy atom. The van der Waals surface area contributed by atoms with Gasteiger partial charge in [-0.3, -0.25) is 5.26 Å². The lowest BCUT2D eigenvalue weighted by atomic mass is 9.55. The maximum atomic E-state index is 10.2. The van der Waals surface area contributed by atoms with Crippen LogP contribution in [0.1, 0.15) is 52.9 Å². The van der Waals surface area contributed by atoms with Gasteiger partial charge in [-0.05, 0) is 68.8 Å². The second-order valence-electron chi connectivity index (χ2n) is 7.04. The summed E-state index contributed by atoms with van der Waals surface area (Å²) in [4.78, 5) is 4.56. The fourth-order valence-electron chi connectivity index (χ4n) is 3.90. The van der Waals surface area contributed by atoms with E-state index < -0.39 is 5.60 Å².